The van der Waals surface area contributed by atoms with Crippen molar-refractivity contribution in [2.24, 2.45) is 0 Å². The van der Waals surface area contributed by atoms with Crippen molar-refractivity contribution >= 4 is 0 Å². The Morgan fingerprint density at radius 1 is 1.20 bits per heavy atom. The molecule has 2 aromatic heterocycles. The summed E-state index contributed by atoms with van der Waals surface area (Å²) in [6, 6.07) is 12.1. The molecule has 0 radical (unpaired) electrons. The monoisotopic (exact) mass is 334 g/mol. The summed E-state index contributed by atoms with van der Waals surface area (Å²) < 4.78 is 5.51. The van der Waals surface area contributed by atoms with Crippen LogP contribution < -0.4 is 0 Å². The van der Waals surface area contributed by atoms with Gasteiger partial charge in [-0.05, 0) is 12.0 Å². The van der Waals surface area contributed by atoms with Gasteiger partial charge in [0.2, 0.25) is 0 Å². The van der Waals surface area contributed by atoms with Crippen molar-refractivity contribution in [2.45, 2.75) is 39.3 Å². The predicted molar refractivity (Wildman–Crippen MR) is 95.9 cm³/mol. The van der Waals surface area contributed by atoms with Gasteiger partial charge < -0.3 is 4.52 Å². The third-order valence-corrected chi connectivity index (χ3v) is 4.56. The molecule has 1 aromatic carbocycles. The summed E-state index contributed by atoms with van der Waals surface area (Å²) >= 11 is 0. The lowest BCUT2D eigenvalue weighted by Crippen LogP contribution is -2.31. The fraction of sp³-hybridized carbons (Fsp3) is 0.350. The van der Waals surface area contributed by atoms with Gasteiger partial charge in [0.25, 0.3) is 0 Å². The zero-order valence-electron chi connectivity index (χ0n) is 14.6. The molecule has 0 spiro atoms. The summed E-state index contributed by atoms with van der Waals surface area (Å²) in [6.07, 6.45) is 2.98. The van der Waals surface area contributed by atoms with E-state index in [0.717, 1.165) is 54.6 Å². The summed E-state index contributed by atoms with van der Waals surface area (Å²) in [5, 5.41) is 4.24. The van der Waals surface area contributed by atoms with E-state index in [2.05, 4.69) is 28.9 Å². The number of rotatable bonds is 4. The molecule has 0 atom stereocenters. The van der Waals surface area contributed by atoms with Crippen molar-refractivity contribution in [3.8, 4) is 11.3 Å². The van der Waals surface area contributed by atoms with Gasteiger partial charge in [0.05, 0.1) is 11.4 Å². The molecule has 0 saturated heterocycles. The van der Waals surface area contributed by atoms with E-state index in [0.29, 0.717) is 5.92 Å². The second kappa shape index (κ2) is 6.76. The van der Waals surface area contributed by atoms with Crippen LogP contribution in [0.25, 0.3) is 11.3 Å². The van der Waals surface area contributed by atoms with E-state index in [1.54, 1.807) is 0 Å². The molecule has 3 aromatic rings. The second-order valence-electron chi connectivity index (χ2n) is 6.86. The van der Waals surface area contributed by atoms with Gasteiger partial charge in [-0.1, -0.05) is 49.3 Å². The van der Waals surface area contributed by atoms with E-state index in [9.17, 15) is 0 Å². The highest BCUT2D eigenvalue weighted by Crippen LogP contribution is 2.23. The highest BCUT2D eigenvalue weighted by atomic mass is 16.5. The Morgan fingerprint density at radius 3 is 2.84 bits per heavy atom. The highest BCUT2D eigenvalue weighted by molar-refractivity contribution is 5.56. The van der Waals surface area contributed by atoms with Crippen molar-refractivity contribution in [3.63, 3.8) is 0 Å². The molecule has 1 aliphatic rings. The van der Waals surface area contributed by atoms with E-state index in [4.69, 9.17) is 9.51 Å². The lowest BCUT2D eigenvalue weighted by Gasteiger charge is -2.27. The third kappa shape index (κ3) is 3.46. The molecule has 25 heavy (non-hydrogen) atoms. The Bertz CT molecular complexity index is 857. The van der Waals surface area contributed by atoms with E-state index in [1.165, 1.54) is 5.56 Å². The Kier molecular flexibility index (Phi) is 4.32. The van der Waals surface area contributed by atoms with Crippen LogP contribution in [0.1, 0.15) is 42.5 Å². The molecular formula is C20H22N4O. The average Bonchev–Trinajstić information content (AvgIpc) is 3.10. The molecule has 0 aliphatic carbocycles. The van der Waals surface area contributed by atoms with Gasteiger partial charge >= 0.3 is 0 Å². The van der Waals surface area contributed by atoms with Gasteiger partial charge in [-0.25, -0.2) is 9.97 Å². The number of aromatic nitrogens is 3. The van der Waals surface area contributed by atoms with Crippen molar-refractivity contribution in [2.75, 3.05) is 6.54 Å². The SMILES string of the molecule is CC(C)c1ncc2c(n1)CN(Cc1cc(-c3ccccc3)on1)CC2. The van der Waals surface area contributed by atoms with Crippen LogP contribution in [0.5, 0.6) is 0 Å². The summed E-state index contributed by atoms with van der Waals surface area (Å²) in [4.78, 5) is 11.6. The second-order valence-corrected chi connectivity index (χ2v) is 6.86. The molecule has 0 amide bonds. The minimum atomic E-state index is 0.352. The Labute approximate surface area is 147 Å². The molecule has 0 unspecified atom stereocenters. The first kappa shape index (κ1) is 16.0. The summed E-state index contributed by atoms with van der Waals surface area (Å²) in [5.74, 6) is 2.09. The van der Waals surface area contributed by atoms with Gasteiger partial charge in [-0.15, -0.1) is 0 Å². The van der Waals surface area contributed by atoms with E-state index in [1.807, 2.05) is 42.6 Å². The summed E-state index contributed by atoms with van der Waals surface area (Å²) in [7, 11) is 0. The zero-order chi connectivity index (χ0) is 17.2. The number of nitrogens with zero attached hydrogens (tertiary/aromatic N) is 4. The first-order chi connectivity index (χ1) is 12.2. The zero-order valence-corrected chi connectivity index (χ0v) is 14.6. The standard InChI is InChI=1S/C20H22N4O/c1-14(2)20-21-11-16-8-9-24(13-18(16)22-20)12-17-10-19(25-23-17)15-6-4-3-5-7-15/h3-7,10-11,14H,8-9,12-13H2,1-2H3. The van der Waals surface area contributed by atoms with Gasteiger partial charge in [0.1, 0.15) is 5.82 Å². The molecule has 0 N–H and O–H groups in total. The Morgan fingerprint density at radius 2 is 2.04 bits per heavy atom. The van der Waals surface area contributed by atoms with E-state index >= 15 is 0 Å². The van der Waals surface area contributed by atoms with Crippen molar-refractivity contribution in [1.29, 1.82) is 0 Å². The molecule has 5 nitrogen and oxygen atoms in total. The summed E-state index contributed by atoms with van der Waals surface area (Å²) in [5.41, 5.74) is 4.43. The lowest BCUT2D eigenvalue weighted by atomic mass is 10.1. The minimum absolute atomic E-state index is 0.352. The Hall–Kier alpha value is -2.53. The van der Waals surface area contributed by atoms with Gasteiger partial charge in [-0.3, -0.25) is 4.90 Å². The number of benzene rings is 1. The van der Waals surface area contributed by atoms with Crippen LogP contribution in [0.15, 0.2) is 47.1 Å². The molecule has 0 saturated carbocycles. The molecule has 1 aliphatic heterocycles. The molecule has 0 fully saturated rings. The van der Waals surface area contributed by atoms with Crippen molar-refractivity contribution in [1.82, 2.24) is 20.0 Å². The highest BCUT2D eigenvalue weighted by Gasteiger charge is 2.20. The smallest absolute Gasteiger partial charge is 0.167 e. The normalized spacial score (nSPS) is 14.7. The van der Waals surface area contributed by atoms with Gasteiger partial charge in [-0.2, -0.15) is 0 Å². The fourth-order valence-electron chi connectivity index (χ4n) is 3.14. The third-order valence-electron chi connectivity index (χ3n) is 4.56. The van der Waals surface area contributed by atoms with E-state index < -0.39 is 0 Å². The largest absolute Gasteiger partial charge is 0.356 e. The van der Waals surface area contributed by atoms with Crippen LogP contribution >= 0.6 is 0 Å². The maximum atomic E-state index is 5.51. The first-order valence-electron chi connectivity index (χ1n) is 8.77. The molecule has 3 heterocycles. The van der Waals surface area contributed by atoms with Crippen LogP contribution in [0.4, 0.5) is 0 Å². The lowest BCUT2D eigenvalue weighted by molar-refractivity contribution is 0.233. The first-order valence-corrected chi connectivity index (χ1v) is 8.77. The van der Waals surface area contributed by atoms with Crippen LogP contribution in [0.3, 0.4) is 0 Å². The van der Waals surface area contributed by atoms with Gasteiger partial charge in [0, 0.05) is 43.4 Å². The van der Waals surface area contributed by atoms with Crippen molar-refractivity contribution in [3.05, 3.63) is 65.4 Å². The van der Waals surface area contributed by atoms with Crippen molar-refractivity contribution < 1.29 is 4.52 Å². The van der Waals surface area contributed by atoms with Crippen LogP contribution in [0, 0.1) is 0 Å². The summed E-state index contributed by atoms with van der Waals surface area (Å²) in [6.45, 7) is 6.86. The average molecular weight is 334 g/mol. The molecule has 128 valence electrons. The van der Waals surface area contributed by atoms with E-state index in [-0.39, 0.29) is 0 Å². The number of hydrogen-bond acceptors (Lipinski definition) is 5. The predicted octanol–water partition coefficient (Wildman–Crippen LogP) is 3.81. The van der Waals surface area contributed by atoms with Crippen LogP contribution in [-0.2, 0) is 19.5 Å². The van der Waals surface area contributed by atoms with Crippen LogP contribution in [0.2, 0.25) is 0 Å². The minimum Gasteiger partial charge on any atom is -0.356 e. The Balaban J connectivity index is 1.48. The van der Waals surface area contributed by atoms with Gasteiger partial charge in [0.15, 0.2) is 5.76 Å². The molecule has 5 heteroatoms. The van der Waals surface area contributed by atoms with Crippen LogP contribution in [-0.4, -0.2) is 26.6 Å². The fourth-order valence-corrected chi connectivity index (χ4v) is 3.14. The number of fused-ring (bicyclic) bond motifs is 1. The quantitative estimate of drug-likeness (QED) is 0.726. The maximum Gasteiger partial charge on any atom is 0.167 e. The molecular weight excluding hydrogens is 312 g/mol. The maximum absolute atomic E-state index is 5.51. The number of hydrogen-bond donors (Lipinski definition) is 0. The molecule has 4 rings (SSSR count). The topological polar surface area (TPSA) is 55.1 Å². The molecule has 0 bridgehead atoms.